The molecule has 28 heavy (non-hydrogen) atoms. The molecule has 1 fully saturated rings. The zero-order chi connectivity index (χ0) is 19.7. The predicted octanol–water partition coefficient (Wildman–Crippen LogP) is 4.27. The summed E-state index contributed by atoms with van der Waals surface area (Å²) in [7, 11) is 0. The fraction of sp³-hybridized carbons (Fsp3) is 0.318. The van der Waals surface area contributed by atoms with Crippen molar-refractivity contribution in [2.75, 3.05) is 18.1 Å². The Bertz CT molecular complexity index is 1010. The standard InChI is InChI=1S/C22H23N3O3/c1-4-27-19-7-5-6-16(11-19)21-23-22(28-24-21)17-12-20(26)25(13-17)18-9-8-14(2)15(3)10-18/h5-11,17H,4,12-13H2,1-3H3. The number of nitrogens with zero attached hydrogens (tertiary/aromatic N) is 3. The van der Waals surface area contributed by atoms with Gasteiger partial charge in [0.1, 0.15) is 5.75 Å². The lowest BCUT2D eigenvalue weighted by molar-refractivity contribution is -0.117. The van der Waals surface area contributed by atoms with Crippen molar-refractivity contribution in [3.05, 3.63) is 59.5 Å². The molecule has 2 heterocycles. The van der Waals surface area contributed by atoms with E-state index in [1.807, 2.05) is 49.4 Å². The Balaban J connectivity index is 1.54. The van der Waals surface area contributed by atoms with E-state index in [4.69, 9.17) is 9.26 Å². The van der Waals surface area contributed by atoms with Crippen LogP contribution in [0, 0.1) is 13.8 Å². The molecule has 1 saturated heterocycles. The van der Waals surface area contributed by atoms with Gasteiger partial charge in [-0.25, -0.2) is 0 Å². The first-order valence-corrected chi connectivity index (χ1v) is 9.49. The molecule has 2 aromatic carbocycles. The van der Waals surface area contributed by atoms with Crippen molar-refractivity contribution in [2.24, 2.45) is 0 Å². The number of aromatic nitrogens is 2. The molecule has 1 amide bonds. The number of aryl methyl sites for hydroxylation is 2. The van der Waals surface area contributed by atoms with Crippen molar-refractivity contribution in [3.8, 4) is 17.1 Å². The molecule has 0 aliphatic carbocycles. The Morgan fingerprint density at radius 2 is 2.04 bits per heavy atom. The van der Waals surface area contributed by atoms with Gasteiger partial charge >= 0.3 is 0 Å². The third-order valence-corrected chi connectivity index (χ3v) is 5.12. The van der Waals surface area contributed by atoms with E-state index in [9.17, 15) is 4.79 Å². The van der Waals surface area contributed by atoms with E-state index in [0.717, 1.165) is 17.0 Å². The summed E-state index contributed by atoms with van der Waals surface area (Å²) in [5, 5.41) is 4.11. The average Bonchev–Trinajstić information content (AvgIpc) is 3.32. The van der Waals surface area contributed by atoms with Gasteiger partial charge in [0, 0.05) is 24.2 Å². The highest BCUT2D eigenvalue weighted by Gasteiger charge is 2.35. The Morgan fingerprint density at radius 1 is 1.18 bits per heavy atom. The van der Waals surface area contributed by atoms with Gasteiger partial charge in [-0.15, -0.1) is 0 Å². The van der Waals surface area contributed by atoms with Gasteiger partial charge in [-0.1, -0.05) is 23.4 Å². The van der Waals surface area contributed by atoms with Crippen LogP contribution in [0.3, 0.4) is 0 Å². The minimum absolute atomic E-state index is 0.0753. The lowest BCUT2D eigenvalue weighted by Crippen LogP contribution is -2.24. The van der Waals surface area contributed by atoms with Gasteiger partial charge in [-0.2, -0.15) is 4.98 Å². The maximum absolute atomic E-state index is 12.6. The number of hydrogen-bond acceptors (Lipinski definition) is 5. The Morgan fingerprint density at radius 3 is 2.82 bits per heavy atom. The van der Waals surface area contributed by atoms with Gasteiger partial charge in [-0.05, 0) is 56.2 Å². The average molecular weight is 377 g/mol. The molecule has 1 unspecified atom stereocenters. The van der Waals surface area contributed by atoms with Crippen molar-refractivity contribution >= 4 is 11.6 Å². The molecule has 144 valence electrons. The molecule has 1 aliphatic heterocycles. The molecular weight excluding hydrogens is 354 g/mol. The van der Waals surface area contributed by atoms with Crippen molar-refractivity contribution in [1.29, 1.82) is 0 Å². The molecule has 0 saturated carbocycles. The van der Waals surface area contributed by atoms with Crippen LogP contribution in [0.5, 0.6) is 5.75 Å². The highest BCUT2D eigenvalue weighted by molar-refractivity contribution is 5.96. The van der Waals surface area contributed by atoms with Crippen molar-refractivity contribution < 1.29 is 14.1 Å². The summed E-state index contributed by atoms with van der Waals surface area (Å²) in [5.74, 6) is 1.74. The molecule has 0 bridgehead atoms. The monoisotopic (exact) mass is 377 g/mol. The van der Waals surface area contributed by atoms with Gasteiger partial charge in [0.15, 0.2) is 0 Å². The molecule has 6 heteroatoms. The normalized spacial score (nSPS) is 16.6. The smallest absolute Gasteiger partial charge is 0.232 e. The minimum atomic E-state index is -0.106. The first kappa shape index (κ1) is 18.2. The highest BCUT2D eigenvalue weighted by atomic mass is 16.5. The molecule has 1 aliphatic rings. The summed E-state index contributed by atoms with van der Waals surface area (Å²) < 4.78 is 11.0. The third-order valence-electron chi connectivity index (χ3n) is 5.12. The SMILES string of the molecule is CCOc1cccc(-c2noc(C3CC(=O)N(c4ccc(C)c(C)c4)C3)n2)c1. The maximum Gasteiger partial charge on any atom is 0.232 e. The van der Waals surface area contributed by atoms with E-state index in [0.29, 0.717) is 31.3 Å². The second-order valence-corrected chi connectivity index (χ2v) is 7.09. The quantitative estimate of drug-likeness (QED) is 0.664. The third kappa shape index (κ3) is 3.50. The van der Waals surface area contributed by atoms with Crippen molar-refractivity contribution in [1.82, 2.24) is 10.1 Å². The molecule has 0 spiro atoms. The zero-order valence-electron chi connectivity index (χ0n) is 16.3. The first-order valence-electron chi connectivity index (χ1n) is 9.49. The van der Waals surface area contributed by atoms with Crippen LogP contribution in [0.15, 0.2) is 47.0 Å². The fourth-order valence-electron chi connectivity index (χ4n) is 3.43. The summed E-state index contributed by atoms with van der Waals surface area (Å²) >= 11 is 0. The molecule has 3 aromatic rings. The second-order valence-electron chi connectivity index (χ2n) is 7.09. The Hall–Kier alpha value is -3.15. The van der Waals surface area contributed by atoms with E-state index in [1.165, 1.54) is 11.1 Å². The van der Waals surface area contributed by atoms with E-state index in [2.05, 4.69) is 24.0 Å². The molecule has 6 nitrogen and oxygen atoms in total. The number of amides is 1. The molecule has 0 N–H and O–H groups in total. The van der Waals surface area contributed by atoms with Gasteiger partial charge in [0.25, 0.3) is 0 Å². The number of benzene rings is 2. The van der Waals surface area contributed by atoms with Crippen LogP contribution in [0.4, 0.5) is 5.69 Å². The van der Waals surface area contributed by atoms with Crippen LogP contribution in [-0.4, -0.2) is 29.2 Å². The number of carbonyl (C=O) groups excluding carboxylic acids is 1. The Labute approximate surface area is 164 Å². The molecule has 0 radical (unpaired) electrons. The van der Waals surface area contributed by atoms with E-state index in [1.54, 1.807) is 4.90 Å². The summed E-state index contributed by atoms with van der Waals surface area (Å²) in [6.45, 7) is 7.20. The predicted molar refractivity (Wildman–Crippen MR) is 107 cm³/mol. The van der Waals surface area contributed by atoms with Crippen molar-refractivity contribution in [3.63, 3.8) is 0 Å². The van der Waals surface area contributed by atoms with E-state index in [-0.39, 0.29) is 11.8 Å². The zero-order valence-corrected chi connectivity index (χ0v) is 16.3. The number of anilines is 1. The van der Waals surface area contributed by atoms with Crippen LogP contribution in [0.25, 0.3) is 11.4 Å². The van der Waals surface area contributed by atoms with Crippen LogP contribution < -0.4 is 9.64 Å². The highest BCUT2D eigenvalue weighted by Crippen LogP contribution is 2.33. The lowest BCUT2D eigenvalue weighted by Gasteiger charge is -2.17. The number of ether oxygens (including phenoxy) is 1. The topological polar surface area (TPSA) is 68.5 Å². The molecule has 1 atom stereocenters. The first-order chi connectivity index (χ1) is 13.5. The summed E-state index contributed by atoms with van der Waals surface area (Å²) in [6, 6.07) is 13.7. The summed E-state index contributed by atoms with van der Waals surface area (Å²) in [4.78, 5) is 18.9. The Kier molecular flexibility index (Phi) is 4.86. The van der Waals surface area contributed by atoms with Gasteiger partial charge < -0.3 is 14.2 Å². The van der Waals surface area contributed by atoms with Gasteiger partial charge in [0.05, 0.1) is 12.5 Å². The fourth-order valence-corrected chi connectivity index (χ4v) is 3.43. The largest absolute Gasteiger partial charge is 0.494 e. The van der Waals surface area contributed by atoms with E-state index < -0.39 is 0 Å². The number of hydrogen-bond donors (Lipinski definition) is 0. The number of carbonyl (C=O) groups is 1. The molecular formula is C22H23N3O3. The second kappa shape index (κ2) is 7.46. The number of rotatable bonds is 5. The van der Waals surface area contributed by atoms with Crippen molar-refractivity contribution in [2.45, 2.75) is 33.1 Å². The van der Waals surface area contributed by atoms with Crippen LogP contribution in [-0.2, 0) is 4.79 Å². The summed E-state index contributed by atoms with van der Waals surface area (Å²) in [6.07, 6.45) is 0.369. The maximum atomic E-state index is 12.6. The lowest BCUT2D eigenvalue weighted by atomic mass is 10.1. The summed E-state index contributed by atoms with van der Waals surface area (Å²) in [5.41, 5.74) is 4.13. The van der Waals surface area contributed by atoms with Gasteiger partial charge in [-0.3, -0.25) is 4.79 Å². The van der Waals surface area contributed by atoms with Gasteiger partial charge in [0.2, 0.25) is 17.6 Å². The molecule has 1 aromatic heterocycles. The minimum Gasteiger partial charge on any atom is -0.494 e. The van der Waals surface area contributed by atoms with Crippen LogP contribution in [0.1, 0.15) is 36.3 Å². The van der Waals surface area contributed by atoms with E-state index >= 15 is 0 Å². The van der Waals surface area contributed by atoms with Crippen LogP contribution in [0.2, 0.25) is 0 Å². The van der Waals surface area contributed by atoms with Crippen LogP contribution >= 0.6 is 0 Å². The molecule has 4 rings (SSSR count).